The van der Waals surface area contributed by atoms with Gasteiger partial charge in [-0.05, 0) is 37.8 Å². The number of Topliss-reactive ketones (excluding diaryl/α,β-unsaturated/α-hetero) is 1. The first-order valence-electron chi connectivity index (χ1n) is 7.18. The number of aromatic amines is 1. The van der Waals surface area contributed by atoms with Crippen molar-refractivity contribution in [2.24, 2.45) is 0 Å². The molecular formula is C16H15ClN2O3. The molecule has 0 saturated heterocycles. The van der Waals surface area contributed by atoms with E-state index < -0.39 is 4.92 Å². The van der Waals surface area contributed by atoms with Crippen LogP contribution in [-0.4, -0.2) is 15.7 Å². The van der Waals surface area contributed by atoms with Gasteiger partial charge in [0.2, 0.25) is 0 Å². The summed E-state index contributed by atoms with van der Waals surface area (Å²) in [5, 5.41) is 11.4. The summed E-state index contributed by atoms with van der Waals surface area (Å²) in [6, 6.07) is 4.37. The molecular weight excluding hydrogens is 304 g/mol. The van der Waals surface area contributed by atoms with Crippen molar-refractivity contribution in [3.8, 4) is 11.3 Å². The second kappa shape index (κ2) is 5.57. The highest BCUT2D eigenvalue weighted by Crippen LogP contribution is 2.37. The van der Waals surface area contributed by atoms with Crippen LogP contribution in [0.25, 0.3) is 11.3 Å². The number of aryl methyl sites for hydroxylation is 1. The third-order valence-corrected chi connectivity index (χ3v) is 4.41. The van der Waals surface area contributed by atoms with Crippen LogP contribution >= 0.6 is 11.6 Å². The summed E-state index contributed by atoms with van der Waals surface area (Å²) in [6.07, 6.45) is 3.12. The number of carbonyl (C=O) groups excluding carboxylic acids is 1. The molecule has 0 spiro atoms. The van der Waals surface area contributed by atoms with Crippen LogP contribution in [-0.2, 0) is 6.42 Å². The van der Waals surface area contributed by atoms with Gasteiger partial charge in [-0.15, -0.1) is 0 Å². The Morgan fingerprint density at radius 1 is 1.27 bits per heavy atom. The van der Waals surface area contributed by atoms with Crippen molar-refractivity contribution in [1.29, 1.82) is 0 Å². The molecule has 0 radical (unpaired) electrons. The van der Waals surface area contributed by atoms with Crippen LogP contribution in [0.15, 0.2) is 18.2 Å². The number of hydrogen-bond acceptors (Lipinski definition) is 3. The number of aromatic nitrogens is 1. The number of nitrogens with one attached hydrogen (secondary N) is 1. The Hall–Kier alpha value is -2.14. The smallest absolute Gasteiger partial charge is 0.270 e. The van der Waals surface area contributed by atoms with Gasteiger partial charge in [0, 0.05) is 35.4 Å². The zero-order valence-electron chi connectivity index (χ0n) is 12.1. The highest BCUT2D eigenvalue weighted by atomic mass is 35.5. The highest BCUT2D eigenvalue weighted by Gasteiger charge is 2.25. The average Bonchev–Trinajstić information content (AvgIpc) is 2.67. The lowest BCUT2D eigenvalue weighted by Crippen LogP contribution is -1.99. The summed E-state index contributed by atoms with van der Waals surface area (Å²) in [5.41, 5.74) is 3.77. The van der Waals surface area contributed by atoms with Crippen LogP contribution in [0.1, 0.15) is 40.9 Å². The molecule has 0 amide bonds. The van der Waals surface area contributed by atoms with Gasteiger partial charge in [0.1, 0.15) is 0 Å². The van der Waals surface area contributed by atoms with E-state index in [0.29, 0.717) is 17.0 Å². The highest BCUT2D eigenvalue weighted by molar-refractivity contribution is 6.33. The molecule has 1 aliphatic rings. The molecule has 114 valence electrons. The molecule has 1 aromatic carbocycles. The first-order chi connectivity index (χ1) is 10.5. The lowest BCUT2D eigenvalue weighted by atomic mass is 9.99. The number of benzene rings is 1. The van der Waals surface area contributed by atoms with Gasteiger partial charge in [-0.3, -0.25) is 14.9 Å². The molecule has 1 aromatic heterocycles. The molecule has 0 atom stereocenters. The van der Waals surface area contributed by atoms with Crippen LogP contribution in [0.4, 0.5) is 5.69 Å². The largest absolute Gasteiger partial charge is 0.358 e. The fourth-order valence-corrected chi connectivity index (χ4v) is 3.28. The fourth-order valence-electron chi connectivity index (χ4n) is 3.06. The Bertz CT molecular complexity index is 780. The molecule has 1 aliphatic carbocycles. The number of carbonyl (C=O) groups is 1. The predicted octanol–water partition coefficient (Wildman–Crippen LogP) is 4.46. The monoisotopic (exact) mass is 318 g/mol. The van der Waals surface area contributed by atoms with E-state index in [2.05, 4.69) is 4.98 Å². The molecule has 1 heterocycles. The third kappa shape index (κ3) is 2.41. The van der Waals surface area contributed by atoms with E-state index in [1.54, 1.807) is 0 Å². The SMILES string of the molecule is Cc1[nH]c(-c2cc([N+](=O)[O-])ccc2Cl)c2c1C(=O)CCCC2. The van der Waals surface area contributed by atoms with Gasteiger partial charge in [0.15, 0.2) is 5.78 Å². The van der Waals surface area contributed by atoms with Crippen LogP contribution in [0.2, 0.25) is 5.02 Å². The van der Waals surface area contributed by atoms with E-state index in [1.165, 1.54) is 18.2 Å². The standard InChI is InChI=1S/C16H15ClN2O3/c1-9-15-11(4-2-3-5-14(15)20)16(18-9)12-8-10(19(21)22)6-7-13(12)17/h6-8,18H,2-5H2,1H3. The van der Waals surface area contributed by atoms with Gasteiger partial charge in [-0.1, -0.05) is 11.6 Å². The maximum atomic E-state index is 12.3. The predicted molar refractivity (Wildman–Crippen MR) is 84.5 cm³/mol. The zero-order valence-corrected chi connectivity index (χ0v) is 12.9. The summed E-state index contributed by atoms with van der Waals surface area (Å²) in [7, 11) is 0. The van der Waals surface area contributed by atoms with Gasteiger partial charge in [-0.2, -0.15) is 0 Å². The topological polar surface area (TPSA) is 76.0 Å². The van der Waals surface area contributed by atoms with Crippen molar-refractivity contribution in [3.63, 3.8) is 0 Å². The quantitative estimate of drug-likeness (QED) is 0.504. The Labute approximate surface area is 132 Å². The summed E-state index contributed by atoms with van der Waals surface area (Å²) in [5.74, 6) is 0.133. The summed E-state index contributed by atoms with van der Waals surface area (Å²) < 4.78 is 0. The number of rotatable bonds is 2. The van der Waals surface area contributed by atoms with Crippen molar-refractivity contribution in [1.82, 2.24) is 4.98 Å². The van der Waals surface area contributed by atoms with Crippen LogP contribution < -0.4 is 0 Å². The number of nitro benzene ring substituents is 1. The Morgan fingerprint density at radius 2 is 2.00 bits per heavy atom. The Kier molecular flexibility index (Phi) is 3.74. The molecule has 3 rings (SSSR count). The molecule has 5 nitrogen and oxygen atoms in total. The molecule has 0 bridgehead atoms. The number of H-pyrrole nitrogens is 1. The van der Waals surface area contributed by atoms with Crippen molar-refractivity contribution >= 4 is 23.1 Å². The van der Waals surface area contributed by atoms with Crippen molar-refractivity contribution in [2.45, 2.75) is 32.6 Å². The Morgan fingerprint density at radius 3 is 2.73 bits per heavy atom. The number of fused-ring (bicyclic) bond motifs is 1. The van der Waals surface area contributed by atoms with Gasteiger partial charge in [0.25, 0.3) is 5.69 Å². The first-order valence-corrected chi connectivity index (χ1v) is 7.55. The van der Waals surface area contributed by atoms with Gasteiger partial charge < -0.3 is 4.98 Å². The second-order valence-corrected chi connectivity index (χ2v) is 5.94. The molecule has 0 fully saturated rings. The van der Waals surface area contributed by atoms with E-state index in [4.69, 9.17) is 11.6 Å². The van der Waals surface area contributed by atoms with Gasteiger partial charge >= 0.3 is 0 Å². The number of halogens is 1. The lowest BCUT2D eigenvalue weighted by Gasteiger charge is -2.06. The van der Waals surface area contributed by atoms with Crippen molar-refractivity contribution < 1.29 is 9.72 Å². The molecule has 0 saturated carbocycles. The summed E-state index contributed by atoms with van der Waals surface area (Å²) >= 11 is 6.24. The van der Waals surface area contributed by atoms with Crippen LogP contribution in [0.3, 0.4) is 0 Å². The van der Waals surface area contributed by atoms with E-state index in [0.717, 1.165) is 41.8 Å². The minimum Gasteiger partial charge on any atom is -0.358 e. The first kappa shape index (κ1) is 14.8. The number of non-ortho nitro benzene ring substituents is 1. The van der Waals surface area contributed by atoms with E-state index >= 15 is 0 Å². The number of ketones is 1. The van der Waals surface area contributed by atoms with Gasteiger partial charge in [0.05, 0.1) is 15.6 Å². The molecule has 0 aliphatic heterocycles. The number of nitrogens with zero attached hydrogens (tertiary/aromatic N) is 1. The molecule has 0 unspecified atom stereocenters. The summed E-state index contributed by atoms with van der Waals surface area (Å²) in [4.78, 5) is 26.0. The molecule has 1 N–H and O–H groups in total. The Balaban J connectivity index is 2.22. The van der Waals surface area contributed by atoms with E-state index in [-0.39, 0.29) is 11.5 Å². The third-order valence-electron chi connectivity index (χ3n) is 4.08. The number of nitro groups is 1. The van der Waals surface area contributed by atoms with E-state index in [9.17, 15) is 14.9 Å². The maximum absolute atomic E-state index is 12.3. The van der Waals surface area contributed by atoms with E-state index in [1.807, 2.05) is 6.92 Å². The van der Waals surface area contributed by atoms with Crippen molar-refractivity contribution in [3.05, 3.63) is 50.2 Å². The minimum atomic E-state index is -0.445. The fraction of sp³-hybridized carbons (Fsp3) is 0.312. The average molecular weight is 319 g/mol. The maximum Gasteiger partial charge on any atom is 0.270 e. The zero-order chi connectivity index (χ0) is 15.9. The number of hydrogen-bond donors (Lipinski definition) is 1. The second-order valence-electron chi connectivity index (χ2n) is 5.53. The van der Waals surface area contributed by atoms with Crippen LogP contribution in [0.5, 0.6) is 0 Å². The van der Waals surface area contributed by atoms with Crippen molar-refractivity contribution in [2.75, 3.05) is 0 Å². The molecule has 6 heteroatoms. The van der Waals surface area contributed by atoms with Gasteiger partial charge in [-0.25, -0.2) is 0 Å². The minimum absolute atomic E-state index is 0.0136. The van der Waals surface area contributed by atoms with Crippen LogP contribution in [0, 0.1) is 17.0 Å². The molecule has 2 aromatic rings. The summed E-state index contributed by atoms with van der Waals surface area (Å²) in [6.45, 7) is 1.86. The normalized spacial score (nSPS) is 14.5. The molecule has 22 heavy (non-hydrogen) atoms. The lowest BCUT2D eigenvalue weighted by molar-refractivity contribution is -0.384.